The third-order valence-corrected chi connectivity index (χ3v) is 4.11. The lowest BCUT2D eigenvalue weighted by Crippen LogP contribution is -2.20. The van der Waals surface area contributed by atoms with Gasteiger partial charge in [0.25, 0.3) is 0 Å². The van der Waals surface area contributed by atoms with Gasteiger partial charge in [0.15, 0.2) is 0 Å². The Kier molecular flexibility index (Phi) is 4.51. The molecule has 0 bridgehead atoms. The first-order chi connectivity index (χ1) is 9.41. The summed E-state index contributed by atoms with van der Waals surface area (Å²) >= 11 is 0. The van der Waals surface area contributed by atoms with Crippen molar-refractivity contribution in [1.82, 2.24) is 9.97 Å². The van der Waals surface area contributed by atoms with Crippen LogP contribution in [0.25, 0.3) is 0 Å². The summed E-state index contributed by atoms with van der Waals surface area (Å²) in [6.45, 7) is 11.9. The summed E-state index contributed by atoms with van der Waals surface area (Å²) in [5.74, 6) is 2.80. The van der Waals surface area contributed by atoms with E-state index in [4.69, 9.17) is 0 Å². The maximum absolute atomic E-state index is 4.59. The first-order valence-corrected chi connectivity index (χ1v) is 7.77. The maximum atomic E-state index is 4.59. The first kappa shape index (κ1) is 15.1. The zero-order valence-electron chi connectivity index (χ0n) is 13.5. The lowest BCUT2D eigenvalue weighted by Gasteiger charge is -2.20. The fourth-order valence-electron chi connectivity index (χ4n) is 2.94. The van der Waals surface area contributed by atoms with Gasteiger partial charge in [-0.1, -0.05) is 20.8 Å². The number of hydrogen-bond acceptors (Lipinski definition) is 4. The maximum Gasteiger partial charge on any atom is 0.134 e. The van der Waals surface area contributed by atoms with E-state index in [0.29, 0.717) is 11.5 Å². The van der Waals surface area contributed by atoms with Crippen molar-refractivity contribution in [3.8, 4) is 0 Å². The van der Waals surface area contributed by atoms with Gasteiger partial charge in [-0.05, 0) is 44.9 Å². The van der Waals surface area contributed by atoms with Crippen molar-refractivity contribution in [3.05, 3.63) is 11.4 Å². The van der Waals surface area contributed by atoms with Crippen molar-refractivity contribution in [3.63, 3.8) is 0 Å². The van der Waals surface area contributed by atoms with Crippen LogP contribution < -0.4 is 10.6 Å². The van der Waals surface area contributed by atoms with Crippen LogP contribution in [0.15, 0.2) is 0 Å². The molecular weight excluding hydrogens is 248 g/mol. The predicted octanol–water partition coefficient (Wildman–Crippen LogP) is 3.91. The standard InChI is InChI=1S/C16H28N4/c1-6-9-17-14-11(2)15(19-12(3)18-14)20-13-7-8-16(4,5)10-13/h13H,6-10H2,1-5H3,(H2,17,18,19,20). The lowest BCUT2D eigenvalue weighted by atomic mass is 9.92. The van der Waals surface area contributed by atoms with Gasteiger partial charge >= 0.3 is 0 Å². The summed E-state index contributed by atoms with van der Waals surface area (Å²) in [4.78, 5) is 9.10. The van der Waals surface area contributed by atoms with E-state index in [2.05, 4.69) is 48.3 Å². The average molecular weight is 276 g/mol. The van der Waals surface area contributed by atoms with E-state index in [1.54, 1.807) is 0 Å². The Balaban J connectivity index is 2.13. The fourth-order valence-corrected chi connectivity index (χ4v) is 2.94. The smallest absolute Gasteiger partial charge is 0.134 e. The molecule has 1 heterocycles. The Bertz CT molecular complexity index is 468. The second-order valence-electron chi connectivity index (χ2n) is 6.77. The molecule has 112 valence electrons. The fraction of sp³-hybridized carbons (Fsp3) is 0.750. The molecule has 0 amide bonds. The molecule has 4 nitrogen and oxygen atoms in total. The van der Waals surface area contributed by atoms with Crippen LogP contribution in [0.3, 0.4) is 0 Å². The lowest BCUT2D eigenvalue weighted by molar-refractivity contribution is 0.378. The van der Waals surface area contributed by atoms with Crippen LogP contribution in [0.1, 0.15) is 57.8 Å². The van der Waals surface area contributed by atoms with E-state index in [1.165, 1.54) is 19.3 Å². The highest BCUT2D eigenvalue weighted by atomic mass is 15.1. The molecule has 1 aliphatic rings. The van der Waals surface area contributed by atoms with Gasteiger partial charge in [0.2, 0.25) is 0 Å². The molecule has 0 spiro atoms. The normalized spacial score (nSPS) is 20.9. The number of nitrogens with one attached hydrogen (secondary N) is 2. The molecule has 1 saturated carbocycles. The van der Waals surface area contributed by atoms with E-state index in [9.17, 15) is 0 Å². The van der Waals surface area contributed by atoms with Crippen LogP contribution in [-0.4, -0.2) is 22.6 Å². The molecule has 4 heteroatoms. The Morgan fingerprint density at radius 1 is 1.20 bits per heavy atom. The molecule has 1 unspecified atom stereocenters. The second-order valence-corrected chi connectivity index (χ2v) is 6.77. The van der Waals surface area contributed by atoms with Crippen LogP contribution in [-0.2, 0) is 0 Å². The highest BCUT2D eigenvalue weighted by Gasteiger charge is 2.31. The molecule has 0 aliphatic heterocycles. The van der Waals surface area contributed by atoms with Crippen molar-refractivity contribution >= 4 is 11.6 Å². The summed E-state index contributed by atoms with van der Waals surface area (Å²) in [7, 11) is 0. The first-order valence-electron chi connectivity index (χ1n) is 7.77. The topological polar surface area (TPSA) is 49.8 Å². The van der Waals surface area contributed by atoms with E-state index in [0.717, 1.165) is 36.0 Å². The molecule has 1 atom stereocenters. The molecule has 1 aromatic rings. The molecule has 1 aliphatic carbocycles. The van der Waals surface area contributed by atoms with E-state index >= 15 is 0 Å². The highest BCUT2D eigenvalue weighted by Crippen LogP contribution is 2.38. The minimum atomic E-state index is 0.455. The van der Waals surface area contributed by atoms with Crippen molar-refractivity contribution < 1.29 is 0 Å². The van der Waals surface area contributed by atoms with Gasteiger partial charge in [-0.2, -0.15) is 0 Å². The molecule has 20 heavy (non-hydrogen) atoms. The van der Waals surface area contributed by atoms with Crippen LogP contribution in [0.5, 0.6) is 0 Å². The molecule has 1 aromatic heterocycles. The molecule has 2 N–H and O–H groups in total. The van der Waals surface area contributed by atoms with Crippen LogP contribution in [0.2, 0.25) is 0 Å². The van der Waals surface area contributed by atoms with Gasteiger partial charge in [0.05, 0.1) is 0 Å². The van der Waals surface area contributed by atoms with Gasteiger partial charge in [-0.15, -0.1) is 0 Å². The van der Waals surface area contributed by atoms with Crippen LogP contribution in [0.4, 0.5) is 11.6 Å². The molecule has 0 aromatic carbocycles. The Morgan fingerprint density at radius 3 is 2.50 bits per heavy atom. The zero-order chi connectivity index (χ0) is 14.8. The Hall–Kier alpha value is -1.32. The molecule has 1 fully saturated rings. The summed E-state index contributed by atoms with van der Waals surface area (Å²) in [5.41, 5.74) is 1.59. The van der Waals surface area contributed by atoms with Gasteiger partial charge in [0.1, 0.15) is 17.5 Å². The minimum Gasteiger partial charge on any atom is -0.370 e. The number of hydrogen-bond donors (Lipinski definition) is 2. The van der Waals surface area contributed by atoms with Gasteiger partial charge < -0.3 is 10.6 Å². The molecule has 2 rings (SSSR count). The van der Waals surface area contributed by atoms with Crippen molar-refractivity contribution in [2.45, 2.75) is 66.3 Å². The Labute approximate surface area is 122 Å². The summed E-state index contributed by atoms with van der Waals surface area (Å²) in [6, 6.07) is 0.539. The third-order valence-electron chi connectivity index (χ3n) is 4.11. The summed E-state index contributed by atoms with van der Waals surface area (Å²) in [6.07, 6.45) is 4.83. The highest BCUT2D eigenvalue weighted by molar-refractivity contribution is 5.57. The third kappa shape index (κ3) is 3.62. The van der Waals surface area contributed by atoms with E-state index < -0.39 is 0 Å². The van der Waals surface area contributed by atoms with Gasteiger partial charge in [-0.3, -0.25) is 0 Å². The van der Waals surface area contributed by atoms with Crippen LogP contribution >= 0.6 is 0 Å². The summed E-state index contributed by atoms with van der Waals surface area (Å²) < 4.78 is 0. The number of rotatable bonds is 5. The van der Waals surface area contributed by atoms with E-state index in [-0.39, 0.29) is 0 Å². The van der Waals surface area contributed by atoms with E-state index in [1.807, 2.05) is 6.92 Å². The number of aromatic nitrogens is 2. The van der Waals surface area contributed by atoms with Crippen LogP contribution in [0, 0.1) is 19.3 Å². The quantitative estimate of drug-likeness (QED) is 0.856. The van der Waals surface area contributed by atoms with Crippen molar-refractivity contribution in [2.24, 2.45) is 5.41 Å². The molecule has 0 radical (unpaired) electrons. The zero-order valence-corrected chi connectivity index (χ0v) is 13.5. The molecular formula is C16H28N4. The number of anilines is 2. The van der Waals surface area contributed by atoms with Gasteiger partial charge in [0, 0.05) is 18.2 Å². The van der Waals surface area contributed by atoms with Gasteiger partial charge in [-0.25, -0.2) is 9.97 Å². The number of nitrogens with zero attached hydrogens (tertiary/aromatic N) is 2. The number of aryl methyl sites for hydroxylation is 1. The summed E-state index contributed by atoms with van der Waals surface area (Å²) in [5, 5.41) is 7.03. The SMILES string of the molecule is CCCNc1nc(C)nc(NC2CCC(C)(C)C2)c1C. The largest absolute Gasteiger partial charge is 0.370 e. The van der Waals surface area contributed by atoms with Crippen molar-refractivity contribution in [1.29, 1.82) is 0 Å². The Morgan fingerprint density at radius 2 is 1.90 bits per heavy atom. The average Bonchev–Trinajstić information content (AvgIpc) is 2.71. The molecule has 0 saturated heterocycles. The minimum absolute atomic E-state index is 0.455. The second kappa shape index (κ2) is 5.98. The predicted molar refractivity (Wildman–Crippen MR) is 85.3 cm³/mol. The van der Waals surface area contributed by atoms with Crippen molar-refractivity contribution in [2.75, 3.05) is 17.2 Å². The monoisotopic (exact) mass is 276 g/mol.